The van der Waals surface area contributed by atoms with Crippen LogP contribution in [0.2, 0.25) is 5.15 Å². The highest BCUT2D eigenvalue weighted by Gasteiger charge is 2.41. The molecule has 3 aromatic rings. The molecule has 2 aliphatic rings. The molecule has 8 nitrogen and oxygen atoms in total. The molecule has 0 bridgehead atoms. The molecule has 160 valence electrons. The minimum Gasteiger partial charge on any atom is -0.384 e. The van der Waals surface area contributed by atoms with Crippen molar-refractivity contribution in [3.05, 3.63) is 80.7 Å². The lowest BCUT2D eigenvalue weighted by atomic mass is 9.78. The van der Waals surface area contributed by atoms with Crippen LogP contribution in [0.4, 0.5) is 5.69 Å². The fourth-order valence-electron chi connectivity index (χ4n) is 4.32. The Kier molecular flexibility index (Phi) is 5.25. The van der Waals surface area contributed by atoms with Gasteiger partial charge in [-0.3, -0.25) is 9.69 Å². The van der Waals surface area contributed by atoms with Crippen molar-refractivity contribution in [2.24, 2.45) is 5.73 Å². The number of Topliss-reactive ketones (excluding diaryl/α,β-unsaturated/α-hetero) is 1. The number of nitrogens with two attached hydrogens (primary N) is 1. The van der Waals surface area contributed by atoms with E-state index in [9.17, 15) is 10.1 Å². The van der Waals surface area contributed by atoms with Crippen LogP contribution in [0.15, 0.2) is 65.1 Å². The van der Waals surface area contributed by atoms with Crippen molar-refractivity contribution < 1.29 is 4.79 Å². The number of thiophene rings is 1. The summed E-state index contributed by atoms with van der Waals surface area (Å²) >= 11 is 7.88. The quantitative estimate of drug-likeness (QED) is 0.586. The van der Waals surface area contributed by atoms with Gasteiger partial charge in [0.25, 0.3) is 0 Å². The summed E-state index contributed by atoms with van der Waals surface area (Å²) in [5.74, 6) is -0.177. The molecule has 3 aromatic heterocycles. The number of carbonyl (C=O) groups is 1. The Morgan fingerprint density at radius 3 is 3.00 bits per heavy atom. The molecule has 2 N–H and O–H groups in total. The summed E-state index contributed by atoms with van der Waals surface area (Å²) in [5.41, 5.74) is 9.91. The summed E-state index contributed by atoms with van der Waals surface area (Å²) in [7, 11) is 0. The first-order chi connectivity index (χ1) is 15.6. The van der Waals surface area contributed by atoms with E-state index in [0.717, 1.165) is 22.6 Å². The average Bonchev–Trinajstić information content (AvgIpc) is 3.47. The number of nitriles is 1. The molecular weight excluding hydrogens is 446 g/mol. The molecule has 0 saturated carbocycles. The Morgan fingerprint density at radius 1 is 1.38 bits per heavy atom. The summed E-state index contributed by atoms with van der Waals surface area (Å²) in [5, 5.41) is 16.5. The van der Waals surface area contributed by atoms with Crippen LogP contribution in [0, 0.1) is 11.3 Å². The van der Waals surface area contributed by atoms with Crippen molar-refractivity contribution >= 4 is 34.4 Å². The predicted octanol–water partition coefficient (Wildman–Crippen LogP) is 3.74. The number of anilines is 1. The Balaban J connectivity index is 1.64. The second-order valence-electron chi connectivity index (χ2n) is 7.58. The molecule has 0 fully saturated rings. The van der Waals surface area contributed by atoms with Gasteiger partial charge in [0.15, 0.2) is 10.9 Å². The zero-order chi connectivity index (χ0) is 22.2. The summed E-state index contributed by atoms with van der Waals surface area (Å²) < 4.78 is 1.73. The summed E-state index contributed by atoms with van der Waals surface area (Å²) in [6.45, 7) is 0.557. The number of halogens is 1. The molecule has 0 aromatic carbocycles. The van der Waals surface area contributed by atoms with Crippen LogP contribution < -0.4 is 10.6 Å². The number of pyridine rings is 1. The van der Waals surface area contributed by atoms with Gasteiger partial charge in [-0.2, -0.15) is 10.4 Å². The zero-order valence-corrected chi connectivity index (χ0v) is 18.5. The SMILES string of the molecule is N#CC1=C(N)N(c2cccnc2Cl)C2=C(C(=O)CCC2)C1c1cc(Cn2cncn2)cs1. The largest absolute Gasteiger partial charge is 0.384 e. The molecule has 0 saturated heterocycles. The number of nitrogens with zero attached hydrogens (tertiary/aromatic N) is 6. The van der Waals surface area contributed by atoms with E-state index >= 15 is 0 Å². The number of allylic oxidation sites excluding steroid dienone is 3. The Bertz CT molecular complexity index is 1300. The first-order valence-electron chi connectivity index (χ1n) is 10.0. The van der Waals surface area contributed by atoms with Crippen LogP contribution in [0.5, 0.6) is 0 Å². The van der Waals surface area contributed by atoms with Crippen LogP contribution >= 0.6 is 22.9 Å². The Labute approximate surface area is 193 Å². The first kappa shape index (κ1) is 20.4. The van der Waals surface area contributed by atoms with Crippen LogP contribution in [0.25, 0.3) is 0 Å². The van der Waals surface area contributed by atoms with Crippen LogP contribution in [-0.2, 0) is 11.3 Å². The lowest BCUT2D eigenvalue weighted by molar-refractivity contribution is -0.116. The molecule has 32 heavy (non-hydrogen) atoms. The van der Waals surface area contributed by atoms with Gasteiger partial charge < -0.3 is 5.73 Å². The number of carbonyl (C=O) groups excluding carboxylic acids is 1. The normalized spacial score (nSPS) is 18.7. The Morgan fingerprint density at radius 2 is 2.25 bits per heavy atom. The molecule has 1 unspecified atom stereocenters. The molecule has 5 rings (SSSR count). The molecular formula is C22H18ClN7OS. The van der Waals surface area contributed by atoms with Crippen LogP contribution in [0.3, 0.4) is 0 Å². The molecule has 1 atom stereocenters. The van der Waals surface area contributed by atoms with Gasteiger partial charge in [-0.1, -0.05) is 11.6 Å². The third-order valence-corrected chi connectivity index (χ3v) is 7.00. The van der Waals surface area contributed by atoms with Gasteiger partial charge in [0.1, 0.15) is 18.5 Å². The zero-order valence-electron chi connectivity index (χ0n) is 16.9. The maximum absolute atomic E-state index is 13.2. The average molecular weight is 464 g/mol. The van der Waals surface area contributed by atoms with Crippen molar-refractivity contribution in [2.75, 3.05) is 4.90 Å². The summed E-state index contributed by atoms with van der Waals surface area (Å²) in [6, 6.07) is 7.84. The van der Waals surface area contributed by atoms with Gasteiger partial charge in [-0.05, 0) is 42.0 Å². The molecule has 0 spiro atoms. The molecule has 4 heterocycles. The van der Waals surface area contributed by atoms with E-state index in [-0.39, 0.29) is 16.8 Å². The highest BCUT2D eigenvalue weighted by Crippen LogP contribution is 2.48. The molecule has 0 radical (unpaired) electrons. The van der Waals surface area contributed by atoms with Gasteiger partial charge in [-0.25, -0.2) is 14.6 Å². The number of hydrogen-bond donors (Lipinski definition) is 1. The van der Waals surface area contributed by atoms with Crippen molar-refractivity contribution in [1.82, 2.24) is 19.7 Å². The highest BCUT2D eigenvalue weighted by molar-refractivity contribution is 7.10. The van der Waals surface area contributed by atoms with E-state index in [1.165, 1.54) is 17.7 Å². The maximum atomic E-state index is 13.2. The minimum absolute atomic E-state index is 0.0349. The number of rotatable bonds is 4. The third-order valence-electron chi connectivity index (χ3n) is 5.66. The lowest BCUT2D eigenvalue weighted by Gasteiger charge is -2.39. The van der Waals surface area contributed by atoms with Crippen LogP contribution in [-0.4, -0.2) is 25.5 Å². The van der Waals surface area contributed by atoms with Crippen LogP contribution in [0.1, 0.15) is 35.6 Å². The topological polar surface area (TPSA) is 114 Å². The minimum atomic E-state index is -0.496. The van der Waals surface area contributed by atoms with E-state index in [1.54, 1.807) is 34.2 Å². The lowest BCUT2D eigenvalue weighted by Crippen LogP contribution is -2.38. The third kappa shape index (κ3) is 3.38. The van der Waals surface area contributed by atoms with Gasteiger partial charge in [-0.15, -0.1) is 11.3 Å². The van der Waals surface area contributed by atoms with Gasteiger partial charge in [0.05, 0.1) is 29.8 Å². The van der Waals surface area contributed by atoms with E-state index in [2.05, 4.69) is 21.1 Å². The Hall–Kier alpha value is -3.48. The molecule has 1 aliphatic carbocycles. The monoisotopic (exact) mass is 463 g/mol. The smallest absolute Gasteiger partial charge is 0.161 e. The van der Waals surface area contributed by atoms with Gasteiger partial charge in [0, 0.05) is 28.8 Å². The van der Waals surface area contributed by atoms with Gasteiger partial charge in [0.2, 0.25) is 0 Å². The molecule has 1 aliphatic heterocycles. The second kappa shape index (κ2) is 8.22. The molecule has 0 amide bonds. The fourth-order valence-corrected chi connectivity index (χ4v) is 5.55. The van der Waals surface area contributed by atoms with E-state index in [1.807, 2.05) is 11.4 Å². The fraction of sp³-hybridized carbons (Fsp3) is 0.227. The first-order valence-corrected chi connectivity index (χ1v) is 11.3. The second-order valence-corrected chi connectivity index (χ2v) is 8.88. The van der Waals surface area contributed by atoms with Gasteiger partial charge >= 0.3 is 0 Å². The summed E-state index contributed by atoms with van der Waals surface area (Å²) in [6.07, 6.45) is 6.56. The predicted molar refractivity (Wildman–Crippen MR) is 121 cm³/mol. The van der Waals surface area contributed by atoms with Crippen molar-refractivity contribution in [2.45, 2.75) is 31.7 Å². The van der Waals surface area contributed by atoms with Crippen molar-refractivity contribution in [3.8, 4) is 6.07 Å². The van der Waals surface area contributed by atoms with Crippen molar-refractivity contribution in [1.29, 1.82) is 5.26 Å². The van der Waals surface area contributed by atoms with E-state index < -0.39 is 5.92 Å². The molecule has 10 heteroatoms. The van der Waals surface area contributed by atoms with Crippen molar-refractivity contribution in [3.63, 3.8) is 0 Å². The summed E-state index contributed by atoms with van der Waals surface area (Å²) in [4.78, 5) is 23.9. The maximum Gasteiger partial charge on any atom is 0.161 e. The van der Waals surface area contributed by atoms with E-state index in [4.69, 9.17) is 17.3 Å². The number of aromatic nitrogens is 4. The standard InChI is InChI=1S/C22H18ClN7OS/c23-21-16(4-2-6-27-21)30-15-3-1-5-17(31)20(15)19(14(8-24)22(30)25)18-7-13(10-32-18)9-29-12-26-11-28-29/h2,4,6-7,10-12,19H,1,3,5,9,25H2. The highest BCUT2D eigenvalue weighted by atomic mass is 35.5. The number of hydrogen-bond acceptors (Lipinski definition) is 8. The number of ketones is 1. The van der Waals surface area contributed by atoms with E-state index in [0.29, 0.717) is 36.2 Å².